The van der Waals surface area contributed by atoms with E-state index in [0.717, 1.165) is 24.8 Å². The number of hydrogen-bond donors (Lipinski definition) is 3. The van der Waals surface area contributed by atoms with Gasteiger partial charge in [-0.05, 0) is 37.0 Å². The molecule has 1 heterocycles. The number of anilines is 1. The topological polar surface area (TPSA) is 96.0 Å². The molecule has 1 fully saturated rings. The third kappa shape index (κ3) is 5.43. The monoisotopic (exact) mass is 409 g/mol. The van der Waals surface area contributed by atoms with Crippen LogP contribution in [0.4, 0.5) is 19.1 Å². The first-order valence-corrected chi connectivity index (χ1v) is 9.14. The first-order chi connectivity index (χ1) is 13.9. The number of benzene rings is 1. The van der Waals surface area contributed by atoms with Crippen LogP contribution in [0.1, 0.15) is 49.0 Å². The lowest BCUT2D eigenvalue weighted by Crippen LogP contribution is -2.44. The molecule has 29 heavy (non-hydrogen) atoms. The minimum atomic E-state index is -3.24. The maximum atomic E-state index is 13.5. The van der Waals surface area contributed by atoms with Gasteiger partial charge in [-0.2, -0.15) is 8.78 Å². The molecule has 0 spiro atoms. The number of hydrogen-bond acceptors (Lipinski definition) is 5. The Hall–Kier alpha value is -3.17. The van der Waals surface area contributed by atoms with Crippen molar-refractivity contribution in [2.45, 2.75) is 45.1 Å². The smallest absolute Gasteiger partial charge is 0.317 e. The summed E-state index contributed by atoms with van der Waals surface area (Å²) in [5.74, 6) is -2.55. The molecule has 1 aliphatic rings. The van der Waals surface area contributed by atoms with E-state index in [2.05, 4.69) is 15.3 Å². The second-order valence-electron chi connectivity index (χ2n) is 6.11. The number of carbonyl (C=O) groups excluding carboxylic acids is 2. The average molecular weight is 409 g/mol. The molecule has 7 nitrogen and oxygen atoms in total. The van der Waals surface area contributed by atoms with Crippen molar-refractivity contribution < 1.29 is 22.8 Å². The van der Waals surface area contributed by atoms with Crippen LogP contribution in [0.2, 0.25) is 0 Å². The van der Waals surface area contributed by atoms with Crippen LogP contribution in [0.3, 0.4) is 0 Å². The van der Waals surface area contributed by atoms with Crippen molar-refractivity contribution in [1.82, 2.24) is 20.8 Å². The lowest BCUT2D eigenvalue weighted by molar-refractivity contribution is -0.132. The fourth-order valence-corrected chi connectivity index (χ4v) is 2.77. The van der Waals surface area contributed by atoms with E-state index in [1.54, 1.807) is 11.5 Å². The summed E-state index contributed by atoms with van der Waals surface area (Å²) < 4.78 is 37.7. The standard InChI is InChI=1S/C17H16F3N5O2.C2H6/c18-12-4-1-3-11(7-12)17(5-2-6-17)23-16-21-8-10(9-22-16)14(26)24-25-15(27)13(19)20;1-2/h1,3-4,7-9,13H,2,5-6H2,(H,24,26)(H,25,27)(H,21,22,23);1-2H3. The quantitative estimate of drug-likeness (QED) is 0.660. The zero-order valence-electron chi connectivity index (χ0n) is 16.0. The highest BCUT2D eigenvalue weighted by molar-refractivity contribution is 5.95. The van der Waals surface area contributed by atoms with Gasteiger partial charge in [-0.15, -0.1) is 0 Å². The van der Waals surface area contributed by atoms with Gasteiger partial charge in [-0.3, -0.25) is 20.4 Å². The van der Waals surface area contributed by atoms with Crippen LogP contribution in [-0.4, -0.2) is 28.2 Å². The predicted octanol–water partition coefficient (Wildman–Crippen LogP) is 3.16. The van der Waals surface area contributed by atoms with Crippen LogP contribution < -0.4 is 16.2 Å². The summed E-state index contributed by atoms with van der Waals surface area (Å²) in [6.07, 6.45) is 1.67. The van der Waals surface area contributed by atoms with Gasteiger partial charge in [0.05, 0.1) is 11.1 Å². The molecule has 0 radical (unpaired) electrons. The molecule has 0 unspecified atom stereocenters. The molecular weight excluding hydrogens is 387 g/mol. The van der Waals surface area contributed by atoms with Crippen LogP contribution >= 0.6 is 0 Å². The summed E-state index contributed by atoms with van der Waals surface area (Å²) in [6, 6.07) is 6.28. The van der Waals surface area contributed by atoms with Crippen molar-refractivity contribution >= 4 is 17.8 Å². The van der Waals surface area contributed by atoms with Gasteiger partial charge < -0.3 is 5.32 Å². The van der Waals surface area contributed by atoms with Gasteiger partial charge in [0.1, 0.15) is 5.82 Å². The third-order valence-corrected chi connectivity index (χ3v) is 4.35. The highest BCUT2D eigenvalue weighted by Crippen LogP contribution is 2.43. The number of nitrogens with zero attached hydrogens (tertiary/aromatic N) is 2. The lowest BCUT2D eigenvalue weighted by atomic mass is 9.72. The molecule has 0 bridgehead atoms. The molecule has 1 aliphatic carbocycles. The summed E-state index contributed by atoms with van der Waals surface area (Å²) in [7, 11) is 0. The van der Waals surface area contributed by atoms with E-state index in [1.807, 2.05) is 25.3 Å². The molecule has 3 rings (SSSR count). The van der Waals surface area contributed by atoms with E-state index in [9.17, 15) is 22.8 Å². The van der Waals surface area contributed by atoms with Crippen molar-refractivity contribution in [3.63, 3.8) is 0 Å². The summed E-state index contributed by atoms with van der Waals surface area (Å²) in [6.45, 7) is 4.00. The van der Waals surface area contributed by atoms with E-state index < -0.39 is 23.8 Å². The summed E-state index contributed by atoms with van der Waals surface area (Å²) in [4.78, 5) is 30.6. The second kappa shape index (κ2) is 9.85. The first-order valence-electron chi connectivity index (χ1n) is 9.14. The molecule has 2 amide bonds. The molecule has 0 saturated heterocycles. The molecule has 1 aromatic heterocycles. The predicted molar refractivity (Wildman–Crippen MR) is 101 cm³/mol. The van der Waals surface area contributed by atoms with Crippen molar-refractivity contribution in [1.29, 1.82) is 0 Å². The highest BCUT2D eigenvalue weighted by atomic mass is 19.3. The fourth-order valence-electron chi connectivity index (χ4n) is 2.77. The van der Waals surface area contributed by atoms with E-state index in [1.165, 1.54) is 24.5 Å². The number of rotatable bonds is 5. The van der Waals surface area contributed by atoms with E-state index in [-0.39, 0.29) is 17.3 Å². The Morgan fingerprint density at radius 2 is 1.76 bits per heavy atom. The SMILES string of the molecule is CC.O=C(NNC(=O)C(F)F)c1cnc(NC2(c3cccc(F)c3)CCC2)nc1. The van der Waals surface area contributed by atoms with Crippen molar-refractivity contribution in [2.24, 2.45) is 0 Å². The normalized spacial score (nSPS) is 14.1. The van der Waals surface area contributed by atoms with Gasteiger partial charge in [0.25, 0.3) is 5.91 Å². The minimum Gasteiger partial charge on any atom is -0.345 e. The molecule has 2 aromatic rings. The Bertz CT molecular complexity index is 842. The third-order valence-electron chi connectivity index (χ3n) is 4.35. The van der Waals surface area contributed by atoms with Crippen LogP contribution in [-0.2, 0) is 10.3 Å². The maximum Gasteiger partial charge on any atom is 0.317 e. The van der Waals surface area contributed by atoms with Crippen molar-refractivity contribution in [2.75, 3.05) is 5.32 Å². The molecule has 1 saturated carbocycles. The van der Waals surface area contributed by atoms with Gasteiger partial charge in [-0.1, -0.05) is 26.0 Å². The van der Waals surface area contributed by atoms with E-state index >= 15 is 0 Å². The van der Waals surface area contributed by atoms with Crippen LogP contribution in [0.5, 0.6) is 0 Å². The van der Waals surface area contributed by atoms with Gasteiger partial charge >= 0.3 is 12.3 Å². The van der Waals surface area contributed by atoms with E-state index in [0.29, 0.717) is 0 Å². The van der Waals surface area contributed by atoms with Crippen molar-refractivity contribution in [3.05, 3.63) is 53.6 Å². The van der Waals surface area contributed by atoms with E-state index in [4.69, 9.17) is 0 Å². The number of aromatic nitrogens is 2. The maximum absolute atomic E-state index is 13.5. The van der Waals surface area contributed by atoms with Crippen LogP contribution in [0.15, 0.2) is 36.7 Å². The summed E-state index contributed by atoms with van der Waals surface area (Å²) >= 11 is 0. The molecular formula is C19H22F3N5O2. The second-order valence-corrected chi connectivity index (χ2v) is 6.11. The van der Waals surface area contributed by atoms with Crippen molar-refractivity contribution in [3.8, 4) is 0 Å². The first kappa shape index (κ1) is 22.1. The average Bonchev–Trinajstić information content (AvgIpc) is 2.70. The molecule has 156 valence electrons. The lowest BCUT2D eigenvalue weighted by Gasteiger charge is -2.43. The number of halogens is 3. The van der Waals surface area contributed by atoms with Crippen LogP contribution in [0, 0.1) is 5.82 Å². The Balaban J connectivity index is 0.00000145. The van der Waals surface area contributed by atoms with Gasteiger partial charge in [0.15, 0.2) is 0 Å². The largest absolute Gasteiger partial charge is 0.345 e. The molecule has 0 aliphatic heterocycles. The zero-order chi connectivity index (χ0) is 21.4. The minimum absolute atomic E-state index is 0.0245. The Morgan fingerprint density at radius 1 is 1.10 bits per heavy atom. The number of amides is 2. The Labute approximate surface area is 166 Å². The Morgan fingerprint density at radius 3 is 2.28 bits per heavy atom. The number of alkyl halides is 2. The number of carbonyl (C=O) groups is 2. The molecule has 0 atom stereocenters. The highest BCUT2D eigenvalue weighted by Gasteiger charge is 2.39. The molecule has 3 N–H and O–H groups in total. The zero-order valence-corrected chi connectivity index (χ0v) is 16.0. The molecule has 1 aromatic carbocycles. The van der Waals surface area contributed by atoms with Gasteiger partial charge in [0.2, 0.25) is 5.95 Å². The summed E-state index contributed by atoms with van der Waals surface area (Å²) in [5.41, 5.74) is 3.71. The van der Waals surface area contributed by atoms with Gasteiger partial charge in [0, 0.05) is 12.4 Å². The fraction of sp³-hybridized carbons (Fsp3) is 0.368. The van der Waals surface area contributed by atoms with Gasteiger partial charge in [-0.25, -0.2) is 14.4 Å². The number of hydrazine groups is 1. The summed E-state index contributed by atoms with van der Waals surface area (Å²) in [5, 5.41) is 3.18. The number of nitrogens with one attached hydrogen (secondary N) is 3. The Kier molecular flexibility index (Phi) is 7.52. The van der Waals surface area contributed by atoms with Crippen LogP contribution in [0.25, 0.3) is 0 Å². The molecule has 10 heteroatoms.